The lowest BCUT2D eigenvalue weighted by atomic mass is 9.74. The number of rotatable bonds is 10. The topological polar surface area (TPSA) is 106 Å². The van der Waals surface area contributed by atoms with Gasteiger partial charge in [0.1, 0.15) is 11.6 Å². The first-order valence-corrected chi connectivity index (χ1v) is 16.2. The molecule has 1 spiro atoms. The molecule has 2 aromatic carbocycles. The van der Waals surface area contributed by atoms with Gasteiger partial charge in [-0.3, -0.25) is 14.4 Å². The highest BCUT2D eigenvalue weighted by atomic mass is 32.2. The van der Waals surface area contributed by atoms with Crippen LogP contribution >= 0.6 is 11.8 Å². The van der Waals surface area contributed by atoms with Gasteiger partial charge in [0.2, 0.25) is 17.7 Å². The fourth-order valence-electron chi connectivity index (χ4n) is 7.25. The number of nitrogens with zero attached hydrogens (tertiary/aromatic N) is 1. The van der Waals surface area contributed by atoms with Crippen molar-refractivity contribution in [3.05, 3.63) is 60.2 Å². The maximum absolute atomic E-state index is 14.3. The summed E-state index contributed by atoms with van der Waals surface area (Å²) < 4.78 is 17.4. The Morgan fingerprint density at radius 3 is 2.58 bits per heavy atom. The Kier molecular flexibility index (Phi) is 8.42. The van der Waals surface area contributed by atoms with E-state index in [-0.39, 0.29) is 23.8 Å². The Hall–Kier alpha value is -3.50. The van der Waals surface area contributed by atoms with Gasteiger partial charge in [-0.1, -0.05) is 43.5 Å². The van der Waals surface area contributed by atoms with E-state index in [0.29, 0.717) is 30.2 Å². The average Bonchev–Trinajstić information content (AvgIpc) is 3.67. The number of anilines is 1. The summed E-state index contributed by atoms with van der Waals surface area (Å²) in [6.45, 7) is 0.293. The first-order chi connectivity index (χ1) is 20.9. The maximum atomic E-state index is 14.3. The van der Waals surface area contributed by atoms with E-state index in [0.717, 1.165) is 36.1 Å². The van der Waals surface area contributed by atoms with Crippen LogP contribution < -0.4 is 20.1 Å². The highest BCUT2D eigenvalue weighted by molar-refractivity contribution is 7.98. The van der Waals surface area contributed by atoms with Crippen molar-refractivity contribution >= 4 is 35.2 Å². The lowest BCUT2D eigenvalue weighted by Gasteiger charge is -2.34. The van der Waals surface area contributed by atoms with Crippen molar-refractivity contribution in [2.24, 2.45) is 11.8 Å². The molecule has 2 bridgehead atoms. The van der Waals surface area contributed by atoms with Crippen molar-refractivity contribution in [3.8, 4) is 11.5 Å². The molecule has 0 radical (unpaired) electrons. The predicted octanol–water partition coefficient (Wildman–Crippen LogP) is 4.21. The molecule has 10 heteroatoms. The number of carbonyl (C=O) groups excluding carboxylic acids is 3. The first kappa shape index (κ1) is 29.6. The largest absolute Gasteiger partial charge is 0.493 e. The summed E-state index contributed by atoms with van der Waals surface area (Å²) in [6, 6.07) is 12.5. The zero-order valence-corrected chi connectivity index (χ0v) is 25.7. The van der Waals surface area contributed by atoms with Gasteiger partial charge in [0.05, 0.1) is 32.2 Å². The number of benzene rings is 2. The van der Waals surface area contributed by atoms with E-state index in [4.69, 9.17) is 14.2 Å². The molecule has 1 saturated carbocycles. The molecule has 3 aliphatic heterocycles. The van der Waals surface area contributed by atoms with Crippen LogP contribution in [0.3, 0.4) is 0 Å². The molecule has 4 aliphatic rings. The highest BCUT2D eigenvalue weighted by Crippen LogP contribution is 2.55. The van der Waals surface area contributed by atoms with E-state index < -0.39 is 29.6 Å². The molecule has 3 heterocycles. The molecule has 3 amide bonds. The van der Waals surface area contributed by atoms with Gasteiger partial charge in [-0.2, -0.15) is 0 Å². The van der Waals surface area contributed by atoms with Crippen molar-refractivity contribution in [2.45, 2.75) is 67.2 Å². The first-order valence-electron chi connectivity index (χ1n) is 15.0. The Balaban J connectivity index is 1.28. The number of fused-ring (bicyclic) bond motifs is 1. The Morgan fingerprint density at radius 2 is 1.84 bits per heavy atom. The van der Waals surface area contributed by atoms with Crippen molar-refractivity contribution in [3.63, 3.8) is 0 Å². The van der Waals surface area contributed by atoms with Crippen LogP contribution in [-0.2, 0) is 25.5 Å². The summed E-state index contributed by atoms with van der Waals surface area (Å²) in [7, 11) is 3.17. The van der Waals surface area contributed by atoms with Crippen molar-refractivity contribution in [2.75, 3.05) is 32.3 Å². The second-order valence-corrected chi connectivity index (χ2v) is 12.6. The fourth-order valence-corrected chi connectivity index (χ4v) is 7.71. The monoisotopic (exact) mass is 605 g/mol. The van der Waals surface area contributed by atoms with E-state index >= 15 is 0 Å². The average molecular weight is 606 g/mol. The van der Waals surface area contributed by atoms with Gasteiger partial charge in [-0.15, -0.1) is 11.8 Å². The highest BCUT2D eigenvalue weighted by Gasteiger charge is 2.72. The van der Waals surface area contributed by atoms with Crippen molar-refractivity contribution in [1.82, 2.24) is 10.2 Å². The number of methoxy groups -OCH3 is 2. The normalized spacial score (nSPS) is 27.7. The lowest BCUT2D eigenvalue weighted by Crippen LogP contribution is -2.56. The number of nitrogens with one attached hydrogen (secondary N) is 2. The van der Waals surface area contributed by atoms with Crippen molar-refractivity contribution < 1.29 is 28.6 Å². The number of amides is 3. The van der Waals surface area contributed by atoms with Crippen LogP contribution in [0, 0.1) is 11.8 Å². The van der Waals surface area contributed by atoms with Crippen LogP contribution in [0.5, 0.6) is 11.5 Å². The van der Waals surface area contributed by atoms with Crippen LogP contribution in [-0.4, -0.2) is 73.4 Å². The number of hydrogen-bond donors (Lipinski definition) is 2. The minimum Gasteiger partial charge on any atom is -0.493 e. The Labute approximate surface area is 256 Å². The minimum absolute atomic E-state index is 0.0740. The van der Waals surface area contributed by atoms with E-state index in [1.54, 1.807) is 30.9 Å². The van der Waals surface area contributed by atoms with Crippen LogP contribution in [0.25, 0.3) is 0 Å². The molecular weight excluding hydrogens is 566 g/mol. The quantitative estimate of drug-likeness (QED) is 0.309. The molecular formula is C33H39N3O6S. The third-order valence-electron chi connectivity index (χ3n) is 9.30. The molecule has 6 rings (SSSR count). The molecule has 2 saturated heterocycles. The summed E-state index contributed by atoms with van der Waals surface area (Å²) in [4.78, 5) is 44.8. The number of hydrogen-bond acceptors (Lipinski definition) is 7. The number of carbonyl (C=O) groups is 3. The number of ether oxygens (including phenoxy) is 3. The zero-order valence-electron chi connectivity index (χ0n) is 24.8. The van der Waals surface area contributed by atoms with Crippen molar-refractivity contribution in [1.29, 1.82) is 0 Å². The summed E-state index contributed by atoms with van der Waals surface area (Å²) in [5.41, 5.74) is 0.413. The summed E-state index contributed by atoms with van der Waals surface area (Å²) in [5.74, 6) is -1.04. The molecule has 0 unspecified atom stereocenters. The third-order valence-corrected chi connectivity index (χ3v) is 10.0. The standard InChI is InChI=1S/C33H39N3O6S/c1-40-24-13-12-20(18-26(24)41-2)15-17-36-29(31(38)34-21-8-5-4-6-9-21)33-16-14-25(42-33)27(28(33)32(36)39)30(37)35-22-10-7-11-23(19-22)43-3/h7,10-14,16,18-19,21,25,27-29H,4-6,8-9,15,17H2,1-3H3,(H,34,38)(H,35,37)/t25-,27+,28-,29-,33-/m0/s1. The molecule has 9 nitrogen and oxygen atoms in total. The fraction of sp³-hybridized carbons (Fsp3) is 0.485. The summed E-state index contributed by atoms with van der Waals surface area (Å²) >= 11 is 1.59. The Bertz CT molecular complexity index is 1430. The smallest absolute Gasteiger partial charge is 0.246 e. The molecule has 43 heavy (non-hydrogen) atoms. The van der Waals surface area contributed by atoms with Crippen LogP contribution in [0.4, 0.5) is 5.69 Å². The van der Waals surface area contributed by atoms with E-state index in [1.807, 2.05) is 60.9 Å². The molecule has 2 N–H and O–H groups in total. The van der Waals surface area contributed by atoms with Gasteiger partial charge < -0.3 is 29.7 Å². The van der Waals surface area contributed by atoms with Gasteiger partial charge in [0.15, 0.2) is 11.5 Å². The minimum atomic E-state index is -1.19. The third kappa shape index (κ3) is 5.40. The van der Waals surface area contributed by atoms with Crippen LogP contribution in [0.2, 0.25) is 0 Å². The SMILES string of the molecule is COc1ccc(CCN2C(=O)[C@@H]3[C@H](C(=O)Nc4cccc(SC)c4)[C@@H]4C=C[C@@]3(O4)[C@@H]2C(=O)NC2CCCCC2)cc1OC. The maximum Gasteiger partial charge on any atom is 0.246 e. The molecule has 228 valence electrons. The van der Waals surface area contributed by atoms with E-state index in [1.165, 1.54) is 6.42 Å². The summed E-state index contributed by atoms with van der Waals surface area (Å²) in [5, 5.41) is 6.26. The molecule has 2 aromatic rings. The second-order valence-electron chi connectivity index (χ2n) is 11.7. The molecule has 5 atom stereocenters. The number of thioether (sulfide) groups is 1. The number of likely N-dealkylation sites (tertiary alicyclic amines) is 1. The second kappa shape index (κ2) is 12.2. The molecule has 3 fully saturated rings. The van der Waals surface area contributed by atoms with Gasteiger partial charge in [-0.25, -0.2) is 0 Å². The Morgan fingerprint density at radius 1 is 1.05 bits per heavy atom. The van der Waals surface area contributed by atoms with E-state index in [2.05, 4.69) is 10.6 Å². The van der Waals surface area contributed by atoms with Gasteiger partial charge in [0.25, 0.3) is 0 Å². The molecule has 0 aromatic heterocycles. The van der Waals surface area contributed by atoms with E-state index in [9.17, 15) is 14.4 Å². The summed E-state index contributed by atoms with van der Waals surface area (Å²) in [6.07, 6.45) is 10.8. The van der Waals surface area contributed by atoms with Gasteiger partial charge in [-0.05, 0) is 61.4 Å². The van der Waals surface area contributed by atoms with Crippen LogP contribution in [0.15, 0.2) is 59.5 Å². The zero-order chi connectivity index (χ0) is 30.1. The predicted molar refractivity (Wildman–Crippen MR) is 164 cm³/mol. The molecule has 1 aliphatic carbocycles. The van der Waals surface area contributed by atoms with Gasteiger partial charge >= 0.3 is 0 Å². The lowest BCUT2D eigenvalue weighted by molar-refractivity contribution is -0.141. The van der Waals surface area contributed by atoms with Gasteiger partial charge in [0, 0.05) is 23.2 Å². The van der Waals surface area contributed by atoms with Crippen LogP contribution in [0.1, 0.15) is 37.7 Å².